The van der Waals surface area contributed by atoms with E-state index in [1.54, 1.807) is 0 Å². The van der Waals surface area contributed by atoms with Crippen LogP contribution in [0.2, 0.25) is 5.02 Å². The van der Waals surface area contributed by atoms with Gasteiger partial charge in [0.25, 0.3) is 0 Å². The molecule has 0 spiro atoms. The number of hydrogen-bond acceptors (Lipinski definition) is 2. The van der Waals surface area contributed by atoms with Crippen molar-refractivity contribution >= 4 is 11.6 Å². The van der Waals surface area contributed by atoms with Gasteiger partial charge in [0.05, 0.1) is 0 Å². The molecular weight excluding hydrogens is 200 g/mol. The van der Waals surface area contributed by atoms with E-state index in [-0.39, 0.29) is 0 Å². The van der Waals surface area contributed by atoms with E-state index in [0.29, 0.717) is 6.79 Å². The highest BCUT2D eigenvalue weighted by Gasteiger charge is 2.15. The third kappa shape index (κ3) is 1.80. The van der Waals surface area contributed by atoms with Crippen LogP contribution in [0.3, 0.4) is 0 Å². The molecule has 0 atom stereocenters. The van der Waals surface area contributed by atoms with E-state index in [4.69, 9.17) is 21.1 Å². The maximum Gasteiger partial charge on any atom is 0.231 e. The summed E-state index contributed by atoms with van der Waals surface area (Å²) in [5, 5.41) is 0.780. The zero-order chi connectivity index (χ0) is 9.97. The molecule has 76 valence electrons. The van der Waals surface area contributed by atoms with Crippen LogP contribution in [0.4, 0.5) is 0 Å². The third-order valence-electron chi connectivity index (χ3n) is 2.34. The highest BCUT2D eigenvalue weighted by Crippen LogP contribution is 2.37. The second-order valence-electron chi connectivity index (χ2n) is 3.40. The van der Waals surface area contributed by atoms with Crippen LogP contribution in [-0.2, 0) is 6.42 Å². The van der Waals surface area contributed by atoms with Crippen molar-refractivity contribution in [3.05, 3.63) is 22.7 Å². The molecule has 0 bridgehead atoms. The number of aryl methyl sites for hydroxylation is 1. The maximum absolute atomic E-state index is 6.11. The number of benzene rings is 1. The number of halogens is 1. The fraction of sp³-hybridized carbons (Fsp3) is 0.455. The molecule has 0 fully saturated rings. The molecule has 0 aromatic heterocycles. The van der Waals surface area contributed by atoms with Gasteiger partial charge in [-0.25, -0.2) is 0 Å². The van der Waals surface area contributed by atoms with Crippen molar-refractivity contribution in [3.8, 4) is 11.5 Å². The van der Waals surface area contributed by atoms with Crippen LogP contribution in [0.1, 0.15) is 25.3 Å². The third-order valence-corrected chi connectivity index (χ3v) is 2.69. The van der Waals surface area contributed by atoms with Gasteiger partial charge in [-0.3, -0.25) is 0 Å². The highest BCUT2D eigenvalue weighted by molar-refractivity contribution is 6.31. The van der Waals surface area contributed by atoms with Gasteiger partial charge in [-0.05, 0) is 24.5 Å². The molecular formula is C11H13ClO2. The van der Waals surface area contributed by atoms with Crippen LogP contribution in [0.5, 0.6) is 11.5 Å². The Balaban J connectivity index is 2.23. The van der Waals surface area contributed by atoms with Crippen molar-refractivity contribution in [2.45, 2.75) is 26.2 Å². The number of hydrogen-bond donors (Lipinski definition) is 0. The molecule has 0 saturated carbocycles. The normalized spacial score (nSPS) is 13.3. The van der Waals surface area contributed by atoms with Gasteiger partial charge in [-0.1, -0.05) is 24.9 Å². The zero-order valence-electron chi connectivity index (χ0n) is 8.18. The summed E-state index contributed by atoms with van der Waals surface area (Å²) >= 11 is 6.11. The first-order valence-corrected chi connectivity index (χ1v) is 5.27. The molecule has 1 heterocycles. The van der Waals surface area contributed by atoms with E-state index in [9.17, 15) is 0 Å². The fourth-order valence-electron chi connectivity index (χ4n) is 1.52. The van der Waals surface area contributed by atoms with Gasteiger partial charge in [0.2, 0.25) is 6.79 Å². The van der Waals surface area contributed by atoms with Gasteiger partial charge in [0.15, 0.2) is 11.5 Å². The summed E-state index contributed by atoms with van der Waals surface area (Å²) in [5.41, 5.74) is 1.15. The number of fused-ring (bicyclic) bond motifs is 1. The Labute approximate surface area is 88.8 Å². The average molecular weight is 213 g/mol. The monoisotopic (exact) mass is 212 g/mol. The van der Waals surface area contributed by atoms with E-state index in [2.05, 4.69) is 6.92 Å². The zero-order valence-corrected chi connectivity index (χ0v) is 8.93. The lowest BCUT2D eigenvalue weighted by molar-refractivity contribution is 0.174. The molecule has 0 radical (unpaired) electrons. The second-order valence-corrected chi connectivity index (χ2v) is 3.81. The Kier molecular flexibility index (Phi) is 2.82. The summed E-state index contributed by atoms with van der Waals surface area (Å²) in [6.45, 7) is 2.48. The minimum absolute atomic E-state index is 0.308. The van der Waals surface area contributed by atoms with Crippen molar-refractivity contribution in [1.29, 1.82) is 0 Å². The van der Waals surface area contributed by atoms with E-state index in [1.807, 2.05) is 12.1 Å². The molecule has 0 aliphatic carbocycles. The van der Waals surface area contributed by atoms with Crippen LogP contribution in [0, 0.1) is 0 Å². The van der Waals surface area contributed by atoms with Gasteiger partial charge in [-0.2, -0.15) is 0 Å². The molecule has 3 heteroatoms. The Morgan fingerprint density at radius 3 is 2.71 bits per heavy atom. The molecule has 2 nitrogen and oxygen atoms in total. The minimum atomic E-state index is 0.308. The Hall–Kier alpha value is -0.890. The van der Waals surface area contributed by atoms with Gasteiger partial charge in [0, 0.05) is 11.1 Å². The highest BCUT2D eigenvalue weighted by atomic mass is 35.5. The van der Waals surface area contributed by atoms with Crippen LogP contribution in [0.15, 0.2) is 12.1 Å². The Morgan fingerprint density at radius 2 is 2.00 bits per heavy atom. The molecule has 1 aliphatic rings. The maximum atomic E-state index is 6.11. The van der Waals surface area contributed by atoms with Crippen LogP contribution in [-0.4, -0.2) is 6.79 Å². The lowest BCUT2D eigenvalue weighted by Crippen LogP contribution is -1.92. The van der Waals surface area contributed by atoms with Crippen LogP contribution < -0.4 is 9.47 Å². The largest absolute Gasteiger partial charge is 0.454 e. The number of rotatable bonds is 3. The summed E-state index contributed by atoms with van der Waals surface area (Å²) in [6.07, 6.45) is 3.33. The summed E-state index contributed by atoms with van der Waals surface area (Å²) in [5.74, 6) is 1.58. The summed E-state index contributed by atoms with van der Waals surface area (Å²) < 4.78 is 10.5. The van der Waals surface area contributed by atoms with Crippen molar-refractivity contribution in [2.24, 2.45) is 0 Å². The average Bonchev–Trinajstić information content (AvgIpc) is 2.61. The number of ether oxygens (including phenoxy) is 2. The first-order valence-electron chi connectivity index (χ1n) is 4.89. The molecule has 1 aliphatic heterocycles. The van der Waals surface area contributed by atoms with E-state index < -0.39 is 0 Å². The van der Waals surface area contributed by atoms with Gasteiger partial charge < -0.3 is 9.47 Å². The standard InChI is InChI=1S/C11H13ClO2/c1-2-3-4-8-5-10-11(6-9(8)12)14-7-13-10/h5-6H,2-4,7H2,1H3. The molecule has 1 aromatic rings. The molecule has 2 rings (SSSR count). The summed E-state index contributed by atoms with van der Waals surface area (Å²) in [6, 6.07) is 3.83. The first kappa shape index (κ1) is 9.66. The van der Waals surface area contributed by atoms with Gasteiger partial charge in [-0.15, -0.1) is 0 Å². The quantitative estimate of drug-likeness (QED) is 0.765. The number of unbranched alkanes of at least 4 members (excludes halogenated alkanes) is 1. The van der Waals surface area contributed by atoms with Crippen molar-refractivity contribution in [3.63, 3.8) is 0 Å². The molecule has 0 unspecified atom stereocenters. The van der Waals surface area contributed by atoms with Crippen molar-refractivity contribution < 1.29 is 9.47 Å². The first-order chi connectivity index (χ1) is 6.81. The van der Waals surface area contributed by atoms with Crippen LogP contribution >= 0.6 is 11.6 Å². The Morgan fingerprint density at radius 1 is 1.29 bits per heavy atom. The topological polar surface area (TPSA) is 18.5 Å². The minimum Gasteiger partial charge on any atom is -0.454 e. The van der Waals surface area contributed by atoms with Crippen molar-refractivity contribution in [1.82, 2.24) is 0 Å². The van der Waals surface area contributed by atoms with Crippen molar-refractivity contribution in [2.75, 3.05) is 6.79 Å². The summed E-state index contributed by atoms with van der Waals surface area (Å²) in [7, 11) is 0. The van der Waals surface area contributed by atoms with E-state index in [0.717, 1.165) is 34.9 Å². The molecule has 14 heavy (non-hydrogen) atoms. The van der Waals surface area contributed by atoms with Gasteiger partial charge >= 0.3 is 0 Å². The smallest absolute Gasteiger partial charge is 0.231 e. The van der Waals surface area contributed by atoms with E-state index >= 15 is 0 Å². The SMILES string of the molecule is CCCCc1cc2c(cc1Cl)OCO2. The predicted octanol–water partition coefficient (Wildman–Crippen LogP) is 3.41. The molecule has 0 N–H and O–H groups in total. The van der Waals surface area contributed by atoms with E-state index in [1.165, 1.54) is 6.42 Å². The van der Waals surface area contributed by atoms with Gasteiger partial charge in [0.1, 0.15) is 0 Å². The molecule has 0 saturated heterocycles. The molecule has 0 amide bonds. The lowest BCUT2D eigenvalue weighted by Gasteiger charge is -2.04. The summed E-state index contributed by atoms with van der Waals surface area (Å²) in [4.78, 5) is 0. The fourth-order valence-corrected chi connectivity index (χ4v) is 1.77. The lowest BCUT2D eigenvalue weighted by atomic mass is 10.1. The van der Waals surface area contributed by atoms with Crippen LogP contribution in [0.25, 0.3) is 0 Å². The second kappa shape index (κ2) is 4.09. The Bertz CT molecular complexity index is 336. The molecule has 1 aromatic carbocycles. The predicted molar refractivity (Wildman–Crippen MR) is 56.2 cm³/mol.